The van der Waals surface area contributed by atoms with Gasteiger partial charge in [-0.1, -0.05) is 61.0 Å². The fraction of sp³-hybridized carbons (Fsp3) is 0.194. The van der Waals surface area contributed by atoms with E-state index in [0.717, 1.165) is 5.56 Å². The van der Waals surface area contributed by atoms with Crippen molar-refractivity contribution in [3.63, 3.8) is 0 Å². The van der Waals surface area contributed by atoms with Crippen LogP contribution in [0, 0.1) is 0 Å². The van der Waals surface area contributed by atoms with E-state index in [1.165, 1.54) is 0 Å². The minimum atomic E-state index is -0.545. The molecule has 5 aromatic rings. The number of rotatable bonds is 10. The molecule has 2 heterocycles. The van der Waals surface area contributed by atoms with Gasteiger partial charge in [-0.15, -0.1) is 0 Å². The molecule has 198 valence electrons. The van der Waals surface area contributed by atoms with Crippen molar-refractivity contribution in [3.05, 3.63) is 130 Å². The molecule has 2 aromatic heterocycles. The predicted molar refractivity (Wildman–Crippen MR) is 151 cm³/mol. The first-order valence-electron chi connectivity index (χ1n) is 12.8. The molecule has 0 saturated heterocycles. The van der Waals surface area contributed by atoms with Crippen molar-refractivity contribution >= 4 is 28.4 Å². The summed E-state index contributed by atoms with van der Waals surface area (Å²) in [5.74, 6) is 0.830. The van der Waals surface area contributed by atoms with Crippen molar-refractivity contribution in [2.75, 3.05) is 6.61 Å². The van der Waals surface area contributed by atoms with E-state index in [0.29, 0.717) is 46.2 Å². The number of furan rings is 1. The SMILES string of the molecule is CCC(c1nc2ccccc2c(=O)n1-c1ccc(Cl)cc1)N(Cc1ccco1)C(=O)COCc1ccccc1. The molecule has 1 atom stereocenters. The van der Waals surface area contributed by atoms with Crippen LogP contribution in [-0.2, 0) is 22.7 Å². The standard InChI is InChI=1S/C31H28ClN3O4/c1-2-28(34(19-25-11-8-18-39-25)29(36)21-38-20-22-9-4-3-5-10-22)30-33-27-13-7-6-12-26(27)31(37)35(30)24-16-14-23(32)15-17-24/h3-18,28H,2,19-21H2,1H3. The van der Waals surface area contributed by atoms with Crippen molar-refractivity contribution in [2.45, 2.75) is 32.5 Å². The Morgan fingerprint density at radius 1 is 1.00 bits per heavy atom. The van der Waals surface area contributed by atoms with E-state index in [1.54, 1.807) is 58.2 Å². The van der Waals surface area contributed by atoms with Gasteiger partial charge in [-0.25, -0.2) is 4.98 Å². The van der Waals surface area contributed by atoms with Crippen LogP contribution in [0.3, 0.4) is 0 Å². The number of aromatic nitrogens is 2. The van der Waals surface area contributed by atoms with Crippen molar-refractivity contribution < 1.29 is 13.9 Å². The topological polar surface area (TPSA) is 77.6 Å². The largest absolute Gasteiger partial charge is 0.467 e. The smallest absolute Gasteiger partial charge is 0.266 e. The monoisotopic (exact) mass is 541 g/mol. The van der Waals surface area contributed by atoms with Gasteiger partial charge in [-0.2, -0.15) is 0 Å². The van der Waals surface area contributed by atoms with Gasteiger partial charge in [0.15, 0.2) is 0 Å². The Morgan fingerprint density at radius 2 is 1.74 bits per heavy atom. The summed E-state index contributed by atoms with van der Waals surface area (Å²) in [6.45, 7) is 2.33. The Morgan fingerprint density at radius 3 is 2.46 bits per heavy atom. The van der Waals surface area contributed by atoms with Crippen LogP contribution >= 0.6 is 11.6 Å². The lowest BCUT2D eigenvalue weighted by Crippen LogP contribution is -2.39. The average molecular weight is 542 g/mol. The Hall–Kier alpha value is -4.20. The first-order chi connectivity index (χ1) is 19.0. The number of halogens is 1. The normalized spacial score (nSPS) is 11.9. The Labute approximate surface area is 231 Å². The summed E-state index contributed by atoms with van der Waals surface area (Å²) in [7, 11) is 0. The van der Waals surface area contributed by atoms with Gasteiger partial charge in [-0.3, -0.25) is 14.2 Å². The summed E-state index contributed by atoms with van der Waals surface area (Å²) in [6.07, 6.45) is 2.08. The molecule has 0 aliphatic heterocycles. The zero-order valence-electron chi connectivity index (χ0n) is 21.5. The van der Waals surface area contributed by atoms with Crippen LogP contribution in [-0.4, -0.2) is 27.0 Å². The molecule has 1 unspecified atom stereocenters. The molecular weight excluding hydrogens is 514 g/mol. The molecule has 0 radical (unpaired) electrons. The van der Waals surface area contributed by atoms with Crippen molar-refractivity contribution in [1.29, 1.82) is 0 Å². The lowest BCUT2D eigenvalue weighted by Gasteiger charge is -2.32. The molecule has 5 rings (SSSR count). The molecule has 1 amide bonds. The predicted octanol–water partition coefficient (Wildman–Crippen LogP) is 6.33. The van der Waals surface area contributed by atoms with Crippen LogP contribution in [0.1, 0.15) is 36.5 Å². The van der Waals surface area contributed by atoms with E-state index in [1.807, 2.05) is 55.5 Å². The summed E-state index contributed by atoms with van der Waals surface area (Å²) in [6, 6.07) is 27.0. The Kier molecular flexibility index (Phi) is 8.20. The van der Waals surface area contributed by atoms with E-state index in [2.05, 4.69) is 0 Å². The molecule has 0 bridgehead atoms. The van der Waals surface area contributed by atoms with Crippen LogP contribution in [0.25, 0.3) is 16.6 Å². The van der Waals surface area contributed by atoms with Gasteiger partial charge in [-0.05, 0) is 60.5 Å². The van der Waals surface area contributed by atoms with Crippen molar-refractivity contribution in [2.24, 2.45) is 0 Å². The molecule has 39 heavy (non-hydrogen) atoms. The number of ether oxygens (including phenoxy) is 1. The number of hydrogen-bond acceptors (Lipinski definition) is 5. The maximum absolute atomic E-state index is 13.8. The highest BCUT2D eigenvalue weighted by atomic mass is 35.5. The molecule has 0 spiro atoms. The third-order valence-electron chi connectivity index (χ3n) is 6.51. The lowest BCUT2D eigenvalue weighted by molar-refractivity contribution is -0.140. The highest BCUT2D eigenvalue weighted by Crippen LogP contribution is 2.28. The molecule has 0 N–H and O–H groups in total. The van der Waals surface area contributed by atoms with Crippen LogP contribution in [0.15, 0.2) is 106 Å². The van der Waals surface area contributed by atoms with Crippen LogP contribution in [0.2, 0.25) is 5.02 Å². The minimum absolute atomic E-state index is 0.134. The number of amides is 1. The highest BCUT2D eigenvalue weighted by Gasteiger charge is 2.30. The van der Waals surface area contributed by atoms with Gasteiger partial charge in [0, 0.05) is 5.02 Å². The second-order valence-electron chi connectivity index (χ2n) is 9.11. The number of para-hydroxylation sites is 1. The Balaban J connectivity index is 1.57. The molecule has 7 nitrogen and oxygen atoms in total. The zero-order valence-corrected chi connectivity index (χ0v) is 22.3. The maximum Gasteiger partial charge on any atom is 0.266 e. The third-order valence-corrected chi connectivity index (χ3v) is 6.76. The number of carbonyl (C=O) groups is 1. The van der Waals surface area contributed by atoms with Crippen molar-refractivity contribution in [1.82, 2.24) is 14.5 Å². The molecule has 8 heteroatoms. The summed E-state index contributed by atoms with van der Waals surface area (Å²) in [4.78, 5) is 34.1. The van der Waals surface area contributed by atoms with E-state index in [4.69, 9.17) is 25.7 Å². The molecule has 0 saturated carbocycles. The Bertz CT molecular complexity index is 1600. The second-order valence-corrected chi connectivity index (χ2v) is 9.54. The third kappa shape index (κ3) is 5.95. The molecule has 0 aliphatic rings. The number of nitrogens with zero attached hydrogens (tertiary/aromatic N) is 3. The minimum Gasteiger partial charge on any atom is -0.467 e. The van der Waals surface area contributed by atoms with Crippen LogP contribution < -0.4 is 5.56 Å². The van der Waals surface area contributed by atoms with Gasteiger partial charge < -0.3 is 14.1 Å². The van der Waals surface area contributed by atoms with Gasteiger partial charge >= 0.3 is 0 Å². The lowest BCUT2D eigenvalue weighted by atomic mass is 10.1. The summed E-state index contributed by atoms with van der Waals surface area (Å²) in [5, 5.41) is 1.04. The van der Waals surface area contributed by atoms with Gasteiger partial charge in [0.1, 0.15) is 18.2 Å². The van der Waals surface area contributed by atoms with Gasteiger partial charge in [0.05, 0.1) is 42.0 Å². The fourth-order valence-electron chi connectivity index (χ4n) is 4.61. The van der Waals surface area contributed by atoms with Gasteiger partial charge in [0.25, 0.3) is 5.56 Å². The summed E-state index contributed by atoms with van der Waals surface area (Å²) >= 11 is 6.15. The molecule has 0 fully saturated rings. The first-order valence-corrected chi connectivity index (χ1v) is 13.1. The number of fused-ring (bicyclic) bond motifs is 1. The molecular formula is C31H28ClN3O4. The quantitative estimate of drug-likeness (QED) is 0.206. The fourth-order valence-corrected chi connectivity index (χ4v) is 4.74. The average Bonchev–Trinajstić information content (AvgIpc) is 3.48. The van der Waals surface area contributed by atoms with Crippen LogP contribution in [0.4, 0.5) is 0 Å². The van der Waals surface area contributed by atoms with E-state index in [-0.39, 0.29) is 24.6 Å². The highest BCUT2D eigenvalue weighted by molar-refractivity contribution is 6.30. The maximum atomic E-state index is 13.8. The number of carbonyl (C=O) groups excluding carboxylic acids is 1. The summed E-state index contributed by atoms with van der Waals surface area (Å²) < 4.78 is 13.0. The first kappa shape index (κ1) is 26.4. The second kappa shape index (κ2) is 12.1. The molecule has 0 aliphatic carbocycles. The zero-order chi connectivity index (χ0) is 27.2. The van der Waals surface area contributed by atoms with Crippen molar-refractivity contribution in [3.8, 4) is 5.69 Å². The van der Waals surface area contributed by atoms with E-state index >= 15 is 0 Å². The number of hydrogen-bond donors (Lipinski definition) is 0. The summed E-state index contributed by atoms with van der Waals surface area (Å²) in [5.41, 5.74) is 1.93. The van der Waals surface area contributed by atoms with Gasteiger partial charge in [0.2, 0.25) is 5.91 Å². The van der Waals surface area contributed by atoms with E-state index in [9.17, 15) is 9.59 Å². The molecule has 3 aromatic carbocycles. The van der Waals surface area contributed by atoms with E-state index < -0.39 is 6.04 Å². The number of benzene rings is 3. The van der Waals surface area contributed by atoms with Crippen LogP contribution in [0.5, 0.6) is 0 Å².